The van der Waals surface area contributed by atoms with E-state index in [1.165, 1.54) is 0 Å². The number of halogens is 4. The first kappa shape index (κ1) is 88.2. The lowest BCUT2D eigenvalue weighted by molar-refractivity contribution is -0.205. The number of nitrogens with zero attached hydrogens (tertiary/aromatic N) is 4. The Morgan fingerprint density at radius 1 is 0.393 bits per heavy atom. The van der Waals surface area contributed by atoms with Gasteiger partial charge in [0.15, 0.2) is 50.0 Å². The van der Waals surface area contributed by atoms with Crippen LogP contribution in [-0.2, 0) is 90.8 Å². The molecule has 56 nitrogen and oxygen atoms in total. The second-order valence-corrected chi connectivity index (χ2v) is 33.7. The Morgan fingerprint density at radius 2 is 0.607 bits per heavy atom. The molecule has 112 heavy (non-hydrogen) atoms. The second-order valence-electron chi connectivity index (χ2n) is 20.9. The number of aromatic nitrogens is 8. The van der Waals surface area contributed by atoms with Crippen molar-refractivity contribution in [1.29, 1.82) is 0 Å². The average Bonchev–Trinajstić information content (AvgIpc) is 1.57. The number of carbonyl (C=O) groups excluding carboxylic acids is 4. The van der Waals surface area contributed by atoms with Crippen molar-refractivity contribution in [2.45, 2.75) is 97.1 Å². The Balaban J connectivity index is 0.000000280. The minimum Gasteiger partial charge on any atom is -0.385 e. The molecule has 4 saturated heterocycles. The highest BCUT2D eigenvalue weighted by molar-refractivity contribution is 7.72. The highest BCUT2D eigenvalue weighted by Crippen LogP contribution is 2.62. The fourth-order valence-corrected chi connectivity index (χ4v) is 15.0. The summed E-state index contributed by atoms with van der Waals surface area (Å²) in [6.07, 6.45) is -28.2. The largest absolute Gasteiger partial charge is 0.481 e. The number of aliphatic hydroxyl groups excluding tert-OH is 8. The number of aromatic amines is 4. The fourth-order valence-electron chi connectivity index (χ4n) is 8.16. The summed E-state index contributed by atoms with van der Waals surface area (Å²) in [6.45, 7) is -11.9. The van der Waals surface area contributed by atoms with Gasteiger partial charge in [0.1, 0.15) is 93.7 Å². The maximum absolute atomic E-state index is 15.3. The van der Waals surface area contributed by atoms with Crippen molar-refractivity contribution < 1.29 is 235 Å². The van der Waals surface area contributed by atoms with Crippen LogP contribution in [0.4, 0.5) is 17.6 Å². The summed E-state index contributed by atoms with van der Waals surface area (Å²) in [5.41, 5.74) is -6.23. The van der Waals surface area contributed by atoms with Crippen LogP contribution in [0, 0.1) is 18.6 Å². The van der Waals surface area contributed by atoms with Crippen LogP contribution in [-0.4, -0.2) is 262 Å². The van der Waals surface area contributed by atoms with Gasteiger partial charge in [-0.1, -0.05) is 48.9 Å². The van der Waals surface area contributed by atoms with Crippen LogP contribution >= 0.6 is 111 Å². The molecule has 4 fully saturated rings. The van der Waals surface area contributed by atoms with Crippen LogP contribution in [0.5, 0.6) is 0 Å². The molecule has 0 saturated carbocycles. The van der Waals surface area contributed by atoms with Gasteiger partial charge >= 0.3 is 85.3 Å². The molecule has 20 atom stereocenters. The maximum atomic E-state index is 15.3. The highest BCUT2D eigenvalue weighted by atomic mass is 32.1. The van der Waals surface area contributed by atoms with Gasteiger partial charge in [-0.25, -0.2) is 73.3 Å². The quantitative estimate of drug-likeness (QED) is 0.0110. The number of hydrogen-bond donors (Lipinski definition) is 24. The summed E-state index contributed by atoms with van der Waals surface area (Å²) in [7, 11) is -45.6. The number of phosphoric ester groups is 4. The molecule has 4 aromatic rings. The van der Waals surface area contributed by atoms with E-state index in [2.05, 4.69) is 91.2 Å². The van der Waals surface area contributed by atoms with Crippen LogP contribution in [0.1, 0.15) is 74.5 Å². The van der Waals surface area contributed by atoms with Gasteiger partial charge in [-0.3, -0.25) is 75.5 Å². The van der Waals surface area contributed by atoms with Crippen molar-refractivity contribution in [3.63, 3.8) is 0 Å². The summed E-state index contributed by atoms with van der Waals surface area (Å²) in [5, 5.41) is 79.8. The molecule has 0 spiro atoms. The molecule has 4 aliphatic rings. The zero-order chi connectivity index (χ0) is 91.4. The third-order valence-corrected chi connectivity index (χ3v) is 22.5. The zero-order valence-corrected chi connectivity index (χ0v) is 63.1. The van der Waals surface area contributed by atoms with E-state index in [-0.39, 0.29) is 64.9 Å². The lowest BCUT2D eigenvalue weighted by Gasteiger charge is -2.23. The van der Waals surface area contributed by atoms with Crippen molar-refractivity contribution in [2.24, 2.45) is 0 Å². The SMILES string of the molecule is O=Cc1cn([C@@H]2O[C@](F)(COP(=O)(O)OP(=O)(O)O)[C@@H](O)[C@H]2O)c(=O)[nH]c1=S.[2H]C([2H])(OP(=O)(O)OP(=O)(O)O)[C@@]1(F)O[C@@H](n2cc(C=O)c(=S)[nH]c2=O)[C@H](O)[C@@H]1O.[2H]C([2H])(OP(=O)(O)OP(=O)(O)O)[C@@]1(F)O[C@@]([2H])(n2cc(C=O)c(=S)[nH]c2=O)[C@H](O)[C@@H]1O.[2H][C@@]1(n2cc(C=O)c(=S)[nH]c2=O)O[C@](F)(COP(=O)(O)OP(=O)(O)O)[C@@H](O)[C@H]1O. The Bertz CT molecular complexity index is 5490. The van der Waals surface area contributed by atoms with Crippen LogP contribution < -0.4 is 22.8 Å². The van der Waals surface area contributed by atoms with Crippen molar-refractivity contribution in [1.82, 2.24) is 38.2 Å². The number of nitrogens with one attached hydrogen (secondary N) is 4. The van der Waals surface area contributed by atoms with Crippen molar-refractivity contribution in [2.75, 3.05) is 26.3 Å². The number of ether oxygens (including phenoxy) is 4. The molecule has 24 N–H and O–H groups in total. The average molecular weight is 1870 g/mol. The van der Waals surface area contributed by atoms with E-state index >= 15 is 8.78 Å². The van der Waals surface area contributed by atoms with E-state index in [1.54, 1.807) is 0 Å². The van der Waals surface area contributed by atoms with E-state index in [0.29, 0.717) is 27.7 Å². The normalized spacial score (nSPS) is 32.5. The number of phosphoric acid groups is 8. The molecule has 0 aliphatic carbocycles. The first-order chi connectivity index (χ1) is 53.0. The molecule has 4 unspecified atom stereocenters. The molecule has 8 heterocycles. The first-order valence-electron chi connectivity index (χ1n) is 30.3. The van der Waals surface area contributed by atoms with Gasteiger partial charge in [0.2, 0.25) is 0 Å². The van der Waals surface area contributed by atoms with Gasteiger partial charge in [-0.05, 0) is 0 Å². The van der Waals surface area contributed by atoms with Gasteiger partial charge in [0.25, 0.3) is 23.4 Å². The molecule has 4 aliphatic heterocycles. The van der Waals surface area contributed by atoms with Crippen LogP contribution in [0.15, 0.2) is 44.0 Å². The second kappa shape index (κ2) is 36.7. The van der Waals surface area contributed by atoms with Crippen molar-refractivity contribution in [3.8, 4) is 0 Å². The van der Waals surface area contributed by atoms with E-state index in [4.69, 9.17) is 74.1 Å². The summed E-state index contributed by atoms with van der Waals surface area (Å²) in [6, 6.07) is 0. The Hall–Kier alpha value is -4.64. The molecule has 0 aromatic carbocycles. The van der Waals surface area contributed by atoms with Gasteiger partial charge in [0.05, 0.1) is 30.5 Å². The summed E-state index contributed by atoms with van der Waals surface area (Å²) >= 11 is 18.8. The predicted molar refractivity (Wildman–Crippen MR) is 345 cm³/mol. The lowest BCUT2D eigenvalue weighted by Crippen LogP contribution is -2.43. The fraction of sp³-hybridized carbons (Fsp3) is 0.500. The zero-order valence-electron chi connectivity index (χ0n) is 58.7. The van der Waals surface area contributed by atoms with E-state index in [0.717, 1.165) is 6.20 Å². The Morgan fingerprint density at radius 3 is 0.893 bits per heavy atom. The lowest BCUT2D eigenvalue weighted by atomic mass is 10.1. The van der Waals surface area contributed by atoms with Gasteiger partial charge in [-0.2, -0.15) is 17.2 Å². The molecule has 632 valence electrons. The van der Waals surface area contributed by atoms with E-state index < -0.39 is 219 Å². The standard InChI is InChI=1S/4C10H13FN2O12P2S/c4*11-10(3-23-27(21,22)25-26(18,19)20)6(16)5(15)8(24-10)13-1-4(2-14)7(28)12-9(13)17/h4*1-2,5-6,8,15-16H,3H2,(H,21,22)(H,12,17,28)(H2,18,19,20)/t4*5-,6+,8-,10-/m1111/s1/i3D2,8D;8D;3D2;. The molecule has 8 rings (SSSR count). The number of H-pyrrole nitrogens is 4. The molecule has 4 aromatic heterocycles. The smallest absolute Gasteiger partial charge is 0.385 e. The van der Waals surface area contributed by atoms with Crippen LogP contribution in [0.25, 0.3) is 0 Å². The molecule has 0 bridgehead atoms. The van der Waals surface area contributed by atoms with Crippen molar-refractivity contribution in [3.05, 3.63) is 108 Å². The van der Waals surface area contributed by atoms with Crippen LogP contribution in [0.2, 0.25) is 0 Å². The number of carbonyl (C=O) groups is 4. The first-order valence-corrected chi connectivity index (χ1v) is 41.0. The molecule has 0 amide bonds. The predicted octanol–water partition coefficient (Wildman–Crippen LogP) is -4.56. The Labute approximate surface area is 638 Å². The van der Waals surface area contributed by atoms with Gasteiger partial charge < -0.3 is 119 Å². The minimum atomic E-state index is -6.07. The summed E-state index contributed by atoms with van der Waals surface area (Å²) in [5.74, 6) is -15.6. The number of aldehydes is 4. The summed E-state index contributed by atoms with van der Waals surface area (Å²) in [4.78, 5) is 205. The summed E-state index contributed by atoms with van der Waals surface area (Å²) < 4.78 is 242. The van der Waals surface area contributed by atoms with Gasteiger partial charge in [0, 0.05) is 24.8 Å². The number of hydrogen-bond acceptors (Lipinski definition) is 40. The molecule has 72 heteroatoms. The Kier molecular flexibility index (Phi) is 28.9. The van der Waals surface area contributed by atoms with Crippen molar-refractivity contribution >= 4 is 137 Å². The van der Waals surface area contributed by atoms with Gasteiger partial charge in [-0.15, -0.1) is 0 Å². The maximum Gasteiger partial charge on any atom is 0.481 e. The van der Waals surface area contributed by atoms with E-state index in [1.807, 2.05) is 15.0 Å². The van der Waals surface area contributed by atoms with Crippen LogP contribution in [0.3, 0.4) is 0 Å². The monoisotopic (exact) mass is 1870 g/mol. The number of alkyl halides is 4. The molecular formula is C40H52F4N8O48P8S4. The molecule has 0 radical (unpaired) electrons. The highest BCUT2D eigenvalue weighted by Gasteiger charge is 2.62. The number of rotatable bonds is 28. The molecular weight excluding hydrogens is 1810 g/mol. The third-order valence-electron chi connectivity index (χ3n) is 12.9. The topological polar surface area (TPSA) is 871 Å². The number of aliphatic hydroxyl groups is 8. The third kappa shape index (κ3) is 25.7. The minimum absolute atomic E-state index is 0.0303. The van der Waals surface area contributed by atoms with E-state index in [9.17, 15) is 134 Å².